The number of likely N-dealkylation sites (N-methyl/N-ethyl adjacent to an activating group) is 1. The number of amides is 1. The molecule has 206 valence electrons. The quantitative estimate of drug-likeness (QED) is 0.297. The highest BCUT2D eigenvalue weighted by atomic mass is 32.2. The van der Waals surface area contributed by atoms with Crippen molar-refractivity contribution >= 4 is 42.6 Å². The van der Waals surface area contributed by atoms with Crippen molar-refractivity contribution in [3.05, 3.63) is 53.6 Å². The van der Waals surface area contributed by atoms with Crippen LogP contribution in [0.5, 0.6) is 0 Å². The number of hydrogen-bond donors (Lipinski definition) is 0. The second-order valence-electron chi connectivity index (χ2n) is 8.46. The summed E-state index contributed by atoms with van der Waals surface area (Å²) in [6.45, 7) is 6.08. The van der Waals surface area contributed by atoms with Crippen molar-refractivity contribution in [1.82, 2.24) is 14.2 Å². The lowest BCUT2D eigenvalue weighted by atomic mass is 10.2. The zero-order valence-corrected chi connectivity index (χ0v) is 23.2. The number of aromatic nitrogens is 1. The number of anilines is 1. The van der Waals surface area contributed by atoms with E-state index in [4.69, 9.17) is 10.5 Å². The molecule has 2 aromatic carbocycles. The Balaban J connectivity index is 1.94. The van der Waals surface area contributed by atoms with Gasteiger partial charge >= 0.3 is 0 Å². The van der Waals surface area contributed by atoms with Crippen LogP contribution in [0.3, 0.4) is 0 Å². The Morgan fingerprint density at radius 1 is 0.974 bits per heavy atom. The van der Waals surface area contributed by atoms with Gasteiger partial charge in [-0.1, -0.05) is 25.2 Å². The molecule has 1 heterocycles. The lowest BCUT2D eigenvalue weighted by molar-refractivity contribution is 0.0983. The number of carbonyl (C=O) groups excluding carboxylic acids is 1. The Kier molecular flexibility index (Phi) is 10.4. The van der Waals surface area contributed by atoms with Crippen molar-refractivity contribution in [2.24, 2.45) is 0 Å². The largest absolute Gasteiger partial charge is 0.302 e. The van der Waals surface area contributed by atoms with Gasteiger partial charge in [-0.15, -0.1) is 0 Å². The molecule has 0 radical (unpaired) electrons. The zero-order chi connectivity index (χ0) is 28.6. The predicted molar refractivity (Wildman–Crippen MR) is 145 cm³/mol. The van der Waals surface area contributed by atoms with E-state index in [0.717, 1.165) is 40.9 Å². The number of carbonyl (C=O) groups is 1. The predicted octanol–water partition coefficient (Wildman–Crippen LogP) is 4.38. The second-order valence-corrected chi connectivity index (χ2v) is 11.4. The van der Waals surface area contributed by atoms with Crippen LogP contribution in [0, 0.1) is 34.3 Å². The average Bonchev–Trinajstić information content (AvgIpc) is 3.35. The van der Waals surface area contributed by atoms with E-state index >= 15 is 0 Å². The standard InChI is InChI=1S/C26H28F2N6O3S2/c1-3-32(4-2)15-16-34(26-31-24-22(28)17-20(27)18-23(24)38-26)25(35)19-7-9-21(10-8-19)39(36,37)33(13-5-11-29)14-6-12-30/h7-10,17-18H,3-6,13-16H2,1-2H3. The molecule has 0 saturated heterocycles. The minimum atomic E-state index is -4.00. The Bertz CT molecular complexity index is 1470. The highest BCUT2D eigenvalue weighted by Crippen LogP contribution is 2.32. The summed E-state index contributed by atoms with van der Waals surface area (Å²) in [6, 6.07) is 11.1. The molecule has 0 saturated carbocycles. The fraction of sp³-hybridized carbons (Fsp3) is 0.385. The van der Waals surface area contributed by atoms with Gasteiger partial charge in [0.2, 0.25) is 10.0 Å². The van der Waals surface area contributed by atoms with Crippen molar-refractivity contribution in [2.45, 2.75) is 31.6 Å². The number of fused-ring (bicyclic) bond motifs is 1. The van der Waals surface area contributed by atoms with Crippen molar-refractivity contribution in [3.8, 4) is 12.1 Å². The molecule has 39 heavy (non-hydrogen) atoms. The second kappa shape index (κ2) is 13.5. The maximum absolute atomic E-state index is 14.3. The van der Waals surface area contributed by atoms with Gasteiger partial charge in [-0.3, -0.25) is 9.69 Å². The zero-order valence-electron chi connectivity index (χ0n) is 21.6. The fourth-order valence-electron chi connectivity index (χ4n) is 3.90. The number of hydrogen-bond acceptors (Lipinski definition) is 8. The topological polar surface area (TPSA) is 121 Å². The van der Waals surface area contributed by atoms with Crippen molar-refractivity contribution in [3.63, 3.8) is 0 Å². The summed E-state index contributed by atoms with van der Waals surface area (Å²) in [5.41, 5.74) is 0.147. The summed E-state index contributed by atoms with van der Waals surface area (Å²) in [4.78, 5) is 21.3. The molecule has 1 aromatic heterocycles. The molecule has 13 heteroatoms. The lowest BCUT2D eigenvalue weighted by Crippen LogP contribution is -2.39. The van der Waals surface area contributed by atoms with Crippen LogP contribution >= 0.6 is 11.3 Å². The molecule has 0 spiro atoms. The molecule has 1 amide bonds. The number of halogens is 2. The first-order valence-electron chi connectivity index (χ1n) is 12.3. The van der Waals surface area contributed by atoms with Crippen LogP contribution in [-0.4, -0.2) is 67.8 Å². The summed E-state index contributed by atoms with van der Waals surface area (Å²) in [6.07, 6.45) is -0.0647. The van der Waals surface area contributed by atoms with Crippen LogP contribution in [0.15, 0.2) is 41.3 Å². The summed E-state index contributed by atoms with van der Waals surface area (Å²) >= 11 is 0.990. The van der Waals surface area contributed by atoms with Crippen molar-refractivity contribution in [2.75, 3.05) is 44.2 Å². The van der Waals surface area contributed by atoms with Crippen LogP contribution in [0.2, 0.25) is 0 Å². The molecule has 0 bridgehead atoms. The first-order valence-corrected chi connectivity index (χ1v) is 14.6. The molecule has 0 aliphatic heterocycles. The molecule has 3 aromatic rings. The highest BCUT2D eigenvalue weighted by Gasteiger charge is 2.26. The summed E-state index contributed by atoms with van der Waals surface area (Å²) in [5.74, 6) is -2.04. The van der Waals surface area contributed by atoms with Crippen molar-refractivity contribution < 1.29 is 22.0 Å². The van der Waals surface area contributed by atoms with Gasteiger partial charge in [0, 0.05) is 50.7 Å². The number of nitriles is 2. The van der Waals surface area contributed by atoms with Gasteiger partial charge < -0.3 is 4.90 Å². The third-order valence-corrected chi connectivity index (χ3v) is 9.04. The molecular formula is C26H28F2N6O3S2. The molecule has 0 atom stereocenters. The van der Waals surface area contributed by atoms with E-state index in [1.165, 1.54) is 29.2 Å². The smallest absolute Gasteiger partial charge is 0.260 e. The summed E-state index contributed by atoms with van der Waals surface area (Å²) in [7, 11) is -4.00. The Labute approximate surface area is 230 Å². The van der Waals surface area contributed by atoms with Gasteiger partial charge in [0.05, 0.1) is 21.7 Å². The molecule has 0 aliphatic carbocycles. The van der Waals surface area contributed by atoms with Crippen LogP contribution < -0.4 is 4.90 Å². The average molecular weight is 575 g/mol. The van der Waals surface area contributed by atoms with E-state index in [1.807, 2.05) is 26.0 Å². The van der Waals surface area contributed by atoms with Gasteiger partial charge in [-0.05, 0) is 43.4 Å². The minimum absolute atomic E-state index is 0.0324. The maximum Gasteiger partial charge on any atom is 0.260 e. The molecule has 0 aliphatic rings. The monoisotopic (exact) mass is 574 g/mol. The molecule has 3 rings (SSSR count). The van der Waals surface area contributed by atoms with Crippen LogP contribution in [0.1, 0.15) is 37.0 Å². The van der Waals surface area contributed by atoms with Gasteiger partial charge in [-0.25, -0.2) is 22.2 Å². The first-order chi connectivity index (χ1) is 18.7. The summed E-state index contributed by atoms with van der Waals surface area (Å²) in [5, 5.41) is 18.0. The fourth-order valence-corrected chi connectivity index (χ4v) is 6.37. The van der Waals surface area contributed by atoms with Gasteiger partial charge in [0.15, 0.2) is 10.9 Å². The maximum atomic E-state index is 14.3. The van der Waals surface area contributed by atoms with E-state index in [1.54, 1.807) is 0 Å². The molecule has 0 N–H and O–H groups in total. The van der Waals surface area contributed by atoms with Gasteiger partial charge in [0.1, 0.15) is 11.3 Å². The molecule has 0 fully saturated rings. The van der Waals surface area contributed by atoms with Crippen LogP contribution in [-0.2, 0) is 10.0 Å². The van der Waals surface area contributed by atoms with E-state index in [-0.39, 0.29) is 58.3 Å². The highest BCUT2D eigenvalue weighted by molar-refractivity contribution is 7.89. The number of sulfonamides is 1. The molecule has 9 nitrogen and oxygen atoms in total. The molecule has 0 unspecified atom stereocenters. The Morgan fingerprint density at radius 2 is 1.59 bits per heavy atom. The number of thiazole rings is 1. The number of rotatable bonds is 13. The number of benzene rings is 2. The SMILES string of the molecule is CCN(CC)CCN(C(=O)c1ccc(S(=O)(=O)N(CCC#N)CCC#N)cc1)c1nc2c(F)cc(F)cc2s1. The Morgan fingerprint density at radius 3 is 2.15 bits per heavy atom. The van der Waals surface area contributed by atoms with E-state index in [0.29, 0.717) is 6.54 Å². The molecular weight excluding hydrogens is 546 g/mol. The third-order valence-electron chi connectivity index (χ3n) is 6.10. The lowest BCUT2D eigenvalue weighted by Gasteiger charge is -2.25. The van der Waals surface area contributed by atoms with E-state index < -0.39 is 27.6 Å². The van der Waals surface area contributed by atoms with Crippen LogP contribution in [0.25, 0.3) is 10.2 Å². The van der Waals surface area contributed by atoms with Crippen LogP contribution in [0.4, 0.5) is 13.9 Å². The Hall–Kier alpha value is -3.49. The van der Waals surface area contributed by atoms with E-state index in [9.17, 15) is 22.0 Å². The normalized spacial score (nSPS) is 11.6. The van der Waals surface area contributed by atoms with Gasteiger partial charge in [0.25, 0.3) is 5.91 Å². The van der Waals surface area contributed by atoms with E-state index in [2.05, 4.69) is 9.88 Å². The van der Waals surface area contributed by atoms with Gasteiger partial charge in [-0.2, -0.15) is 14.8 Å². The van der Waals surface area contributed by atoms with Crippen molar-refractivity contribution in [1.29, 1.82) is 10.5 Å². The summed E-state index contributed by atoms with van der Waals surface area (Å²) < 4.78 is 55.7. The first kappa shape index (κ1) is 30.1. The minimum Gasteiger partial charge on any atom is -0.302 e. The third kappa shape index (κ3) is 7.13. The number of nitrogens with zero attached hydrogens (tertiary/aromatic N) is 6.